The van der Waals surface area contributed by atoms with Crippen LogP contribution in [0.5, 0.6) is 0 Å². The molecule has 1 saturated carbocycles. The van der Waals surface area contributed by atoms with Gasteiger partial charge in [0.15, 0.2) is 0 Å². The van der Waals surface area contributed by atoms with Crippen LogP contribution in [-0.2, 0) is 4.79 Å². The van der Waals surface area contributed by atoms with E-state index in [0.29, 0.717) is 16.0 Å². The van der Waals surface area contributed by atoms with Crippen LogP contribution in [0, 0.1) is 5.92 Å². The number of ketones is 1. The van der Waals surface area contributed by atoms with E-state index >= 15 is 0 Å². The maximum absolute atomic E-state index is 11.1. The monoisotopic (exact) mass is 228 g/mol. The summed E-state index contributed by atoms with van der Waals surface area (Å²) >= 11 is 11.8. The van der Waals surface area contributed by atoms with E-state index in [1.165, 1.54) is 0 Å². The van der Waals surface area contributed by atoms with E-state index in [2.05, 4.69) is 0 Å². The summed E-state index contributed by atoms with van der Waals surface area (Å²) in [6.45, 7) is 1.63. The Balaban J connectivity index is 2.23. The molecule has 1 aliphatic rings. The molecule has 0 unspecified atom stereocenters. The Labute approximate surface area is 93.0 Å². The van der Waals surface area contributed by atoms with Gasteiger partial charge in [0, 0.05) is 16.0 Å². The van der Waals surface area contributed by atoms with Gasteiger partial charge >= 0.3 is 0 Å². The zero-order valence-corrected chi connectivity index (χ0v) is 9.27. The van der Waals surface area contributed by atoms with Crippen LogP contribution in [0.15, 0.2) is 18.2 Å². The van der Waals surface area contributed by atoms with Crippen LogP contribution in [0.3, 0.4) is 0 Å². The molecular weight excluding hydrogens is 219 g/mol. The van der Waals surface area contributed by atoms with Gasteiger partial charge in [0.25, 0.3) is 0 Å². The first-order valence-electron chi connectivity index (χ1n) is 4.55. The molecule has 0 aromatic heterocycles. The lowest BCUT2D eigenvalue weighted by molar-refractivity contribution is -0.118. The Bertz CT molecular complexity index is 387. The molecule has 1 fully saturated rings. The van der Waals surface area contributed by atoms with Gasteiger partial charge < -0.3 is 0 Å². The molecule has 0 heterocycles. The van der Waals surface area contributed by atoms with E-state index in [4.69, 9.17) is 23.2 Å². The summed E-state index contributed by atoms with van der Waals surface area (Å²) in [7, 11) is 0. The molecule has 0 amide bonds. The minimum absolute atomic E-state index is 0.175. The molecular formula is C11H10Cl2O. The molecule has 0 N–H and O–H groups in total. The van der Waals surface area contributed by atoms with Gasteiger partial charge in [-0.15, -0.1) is 0 Å². The van der Waals surface area contributed by atoms with E-state index in [1.54, 1.807) is 13.0 Å². The van der Waals surface area contributed by atoms with Gasteiger partial charge in [0.1, 0.15) is 5.78 Å². The van der Waals surface area contributed by atoms with Crippen molar-refractivity contribution in [2.75, 3.05) is 0 Å². The van der Waals surface area contributed by atoms with Crippen molar-refractivity contribution in [3.05, 3.63) is 33.8 Å². The number of hydrogen-bond acceptors (Lipinski definition) is 1. The summed E-state index contributed by atoms with van der Waals surface area (Å²) in [6.07, 6.45) is 0.927. The molecule has 1 aromatic carbocycles. The second kappa shape index (κ2) is 3.56. The molecule has 3 heteroatoms. The van der Waals surface area contributed by atoms with Crippen LogP contribution < -0.4 is 0 Å². The Hall–Kier alpha value is -0.530. The number of halogens is 2. The lowest BCUT2D eigenvalue weighted by Crippen LogP contribution is -1.95. The third kappa shape index (κ3) is 1.79. The van der Waals surface area contributed by atoms with Crippen molar-refractivity contribution in [2.45, 2.75) is 19.3 Å². The van der Waals surface area contributed by atoms with Crippen molar-refractivity contribution in [2.24, 2.45) is 5.92 Å². The smallest absolute Gasteiger partial charge is 0.133 e. The summed E-state index contributed by atoms with van der Waals surface area (Å²) < 4.78 is 0. The first kappa shape index (κ1) is 10.0. The highest BCUT2D eigenvalue weighted by molar-refractivity contribution is 6.35. The highest BCUT2D eigenvalue weighted by Crippen LogP contribution is 2.50. The molecule has 14 heavy (non-hydrogen) atoms. The molecule has 74 valence electrons. The molecule has 0 saturated heterocycles. The van der Waals surface area contributed by atoms with Crippen LogP contribution >= 0.6 is 23.2 Å². The molecule has 0 aliphatic heterocycles. The second-order valence-corrected chi connectivity index (χ2v) is 4.57. The lowest BCUT2D eigenvalue weighted by Gasteiger charge is -2.02. The van der Waals surface area contributed by atoms with Crippen molar-refractivity contribution in [3.8, 4) is 0 Å². The first-order valence-corrected chi connectivity index (χ1v) is 5.30. The molecule has 0 radical (unpaired) electrons. The minimum atomic E-state index is 0.175. The van der Waals surface area contributed by atoms with E-state index in [-0.39, 0.29) is 11.7 Å². The molecule has 2 rings (SSSR count). The van der Waals surface area contributed by atoms with Crippen molar-refractivity contribution in [3.63, 3.8) is 0 Å². The molecule has 2 atom stereocenters. The highest BCUT2D eigenvalue weighted by atomic mass is 35.5. The van der Waals surface area contributed by atoms with E-state index in [0.717, 1.165) is 12.0 Å². The van der Waals surface area contributed by atoms with Crippen LogP contribution in [0.1, 0.15) is 24.8 Å². The van der Waals surface area contributed by atoms with Gasteiger partial charge in [-0.3, -0.25) is 4.79 Å². The second-order valence-electron chi connectivity index (χ2n) is 3.73. The normalized spacial score (nSPS) is 24.8. The fourth-order valence-corrected chi connectivity index (χ4v) is 2.34. The van der Waals surface area contributed by atoms with Crippen LogP contribution in [0.4, 0.5) is 0 Å². The SMILES string of the molecule is CC(=O)[C@H]1C[C@@H]1c1ccc(Cl)cc1Cl. The van der Waals surface area contributed by atoms with Gasteiger partial charge in [-0.2, -0.15) is 0 Å². The lowest BCUT2D eigenvalue weighted by atomic mass is 10.1. The third-order valence-corrected chi connectivity index (χ3v) is 3.24. The van der Waals surface area contributed by atoms with Gasteiger partial charge in [-0.25, -0.2) is 0 Å². The standard InChI is InChI=1S/C11H10Cl2O/c1-6(14)9-5-10(9)8-3-2-7(12)4-11(8)13/h2-4,9-10H,5H2,1H3/t9-,10-/m1/s1. The largest absolute Gasteiger partial charge is 0.300 e. The van der Waals surface area contributed by atoms with Crippen molar-refractivity contribution in [1.29, 1.82) is 0 Å². The van der Waals surface area contributed by atoms with E-state index in [9.17, 15) is 4.79 Å². The highest BCUT2D eigenvalue weighted by Gasteiger charge is 2.42. The number of Topliss-reactive ketones (excluding diaryl/α,β-unsaturated/α-hetero) is 1. The predicted octanol–water partition coefficient (Wildman–Crippen LogP) is 3.69. The molecule has 0 spiro atoms. The predicted molar refractivity (Wildman–Crippen MR) is 58.0 cm³/mol. The number of carbonyl (C=O) groups is 1. The summed E-state index contributed by atoms with van der Waals surface area (Å²) in [4.78, 5) is 11.1. The Morgan fingerprint density at radius 2 is 2.14 bits per heavy atom. The maximum atomic E-state index is 11.1. The zero-order chi connectivity index (χ0) is 10.3. The Kier molecular flexibility index (Phi) is 2.54. The van der Waals surface area contributed by atoms with E-state index in [1.807, 2.05) is 12.1 Å². The maximum Gasteiger partial charge on any atom is 0.133 e. The van der Waals surface area contributed by atoms with E-state index < -0.39 is 0 Å². The quantitative estimate of drug-likeness (QED) is 0.755. The number of benzene rings is 1. The topological polar surface area (TPSA) is 17.1 Å². The van der Waals surface area contributed by atoms with Gasteiger partial charge in [-0.1, -0.05) is 29.3 Å². The molecule has 1 aliphatic carbocycles. The third-order valence-electron chi connectivity index (χ3n) is 2.67. The summed E-state index contributed by atoms with van der Waals surface area (Å²) in [5.74, 6) is 0.743. The van der Waals surface area contributed by atoms with Crippen LogP contribution in [0.2, 0.25) is 10.0 Å². The summed E-state index contributed by atoms with van der Waals surface area (Å²) in [5.41, 5.74) is 1.05. The Morgan fingerprint density at radius 3 is 2.64 bits per heavy atom. The summed E-state index contributed by atoms with van der Waals surface area (Å²) in [6, 6.07) is 5.46. The van der Waals surface area contributed by atoms with Crippen LogP contribution in [0.25, 0.3) is 0 Å². The Morgan fingerprint density at radius 1 is 1.43 bits per heavy atom. The number of rotatable bonds is 2. The van der Waals surface area contributed by atoms with Crippen molar-refractivity contribution >= 4 is 29.0 Å². The average molecular weight is 229 g/mol. The fraction of sp³-hybridized carbons (Fsp3) is 0.364. The van der Waals surface area contributed by atoms with Gasteiger partial charge in [0.2, 0.25) is 0 Å². The van der Waals surface area contributed by atoms with Crippen molar-refractivity contribution < 1.29 is 4.79 Å². The molecule has 1 aromatic rings. The number of hydrogen-bond donors (Lipinski definition) is 0. The van der Waals surface area contributed by atoms with Crippen molar-refractivity contribution in [1.82, 2.24) is 0 Å². The average Bonchev–Trinajstić information content (AvgIpc) is 2.83. The van der Waals surface area contributed by atoms with Gasteiger partial charge in [-0.05, 0) is 37.0 Å². The first-order chi connectivity index (χ1) is 6.59. The zero-order valence-electron chi connectivity index (χ0n) is 7.76. The fourth-order valence-electron chi connectivity index (χ4n) is 1.79. The molecule has 0 bridgehead atoms. The summed E-state index contributed by atoms with van der Waals surface area (Å²) in [5, 5.41) is 1.31. The van der Waals surface area contributed by atoms with Gasteiger partial charge in [0.05, 0.1) is 0 Å². The molecule has 1 nitrogen and oxygen atoms in total. The van der Waals surface area contributed by atoms with Crippen LogP contribution in [-0.4, -0.2) is 5.78 Å². The minimum Gasteiger partial charge on any atom is -0.300 e. The number of carbonyl (C=O) groups excluding carboxylic acids is 1.